The summed E-state index contributed by atoms with van der Waals surface area (Å²) in [6.07, 6.45) is 7.35. The van der Waals surface area contributed by atoms with E-state index in [-0.39, 0.29) is 11.9 Å². The Kier molecular flexibility index (Phi) is 5.73. The summed E-state index contributed by atoms with van der Waals surface area (Å²) in [6.45, 7) is 2.64. The van der Waals surface area contributed by atoms with Gasteiger partial charge < -0.3 is 14.8 Å². The molecule has 4 aromatic rings. The van der Waals surface area contributed by atoms with Crippen LogP contribution in [0, 0.1) is 0 Å². The van der Waals surface area contributed by atoms with Crippen LogP contribution in [-0.4, -0.2) is 51.9 Å². The first kappa shape index (κ1) is 20.5. The number of carbonyl (C=O) groups is 1. The molecule has 0 unspecified atom stereocenters. The highest BCUT2D eigenvalue weighted by Crippen LogP contribution is 2.27. The van der Waals surface area contributed by atoms with Gasteiger partial charge in [0.2, 0.25) is 0 Å². The fourth-order valence-electron chi connectivity index (χ4n) is 4.61. The van der Waals surface area contributed by atoms with Crippen LogP contribution in [0.5, 0.6) is 0 Å². The van der Waals surface area contributed by atoms with Crippen LogP contribution in [0.1, 0.15) is 28.8 Å². The summed E-state index contributed by atoms with van der Waals surface area (Å²) in [7, 11) is 2.15. The van der Waals surface area contributed by atoms with E-state index in [0.717, 1.165) is 37.0 Å². The Morgan fingerprint density at radius 3 is 2.62 bits per heavy atom. The standard InChI is InChI=1S/C27H28N4O/c1-30-15-10-25(11-16-30)31(27(32)21-7-12-28-13-8-21)19-20-3-2-4-22(17-20)23-5-6-26-24(18-23)9-14-29-26/h2-9,12-14,17-18,25,29H,10-11,15-16,19H2,1H3. The maximum absolute atomic E-state index is 13.5. The van der Waals surface area contributed by atoms with Crippen LogP contribution < -0.4 is 0 Å². The summed E-state index contributed by atoms with van der Waals surface area (Å²) in [5.74, 6) is 0.0844. The molecule has 5 nitrogen and oxygen atoms in total. The Balaban J connectivity index is 1.44. The fraction of sp³-hybridized carbons (Fsp3) is 0.259. The number of hydrogen-bond acceptors (Lipinski definition) is 3. The van der Waals surface area contributed by atoms with E-state index in [1.807, 2.05) is 18.3 Å². The second-order valence-electron chi connectivity index (χ2n) is 8.68. The molecule has 1 fully saturated rings. The van der Waals surface area contributed by atoms with Crippen molar-refractivity contribution in [2.75, 3.05) is 20.1 Å². The zero-order valence-corrected chi connectivity index (χ0v) is 18.4. The number of hydrogen-bond donors (Lipinski definition) is 1. The predicted octanol–water partition coefficient (Wildman–Crippen LogP) is 4.97. The van der Waals surface area contributed by atoms with Crippen molar-refractivity contribution in [1.82, 2.24) is 19.8 Å². The molecule has 32 heavy (non-hydrogen) atoms. The van der Waals surface area contributed by atoms with Gasteiger partial charge >= 0.3 is 0 Å². The van der Waals surface area contributed by atoms with Gasteiger partial charge in [0.05, 0.1) is 0 Å². The lowest BCUT2D eigenvalue weighted by Gasteiger charge is -2.37. The van der Waals surface area contributed by atoms with Gasteiger partial charge in [-0.3, -0.25) is 9.78 Å². The number of rotatable bonds is 5. The number of likely N-dealkylation sites (tertiary alicyclic amines) is 1. The lowest BCUT2D eigenvalue weighted by molar-refractivity contribution is 0.0569. The lowest BCUT2D eigenvalue weighted by atomic mass is 9.99. The Morgan fingerprint density at radius 1 is 1.03 bits per heavy atom. The maximum atomic E-state index is 13.5. The molecule has 1 saturated heterocycles. The zero-order valence-electron chi connectivity index (χ0n) is 18.4. The normalized spacial score (nSPS) is 15.2. The lowest BCUT2D eigenvalue weighted by Crippen LogP contribution is -2.46. The molecular weight excluding hydrogens is 396 g/mol. The van der Waals surface area contributed by atoms with E-state index in [1.54, 1.807) is 12.4 Å². The highest BCUT2D eigenvalue weighted by molar-refractivity contribution is 5.94. The van der Waals surface area contributed by atoms with Gasteiger partial charge in [-0.25, -0.2) is 0 Å². The van der Waals surface area contributed by atoms with E-state index in [0.29, 0.717) is 12.1 Å². The number of carbonyl (C=O) groups excluding carboxylic acids is 1. The molecule has 0 bridgehead atoms. The summed E-state index contributed by atoms with van der Waals surface area (Å²) in [5.41, 5.74) is 5.35. The van der Waals surface area contributed by atoms with Crippen molar-refractivity contribution in [3.05, 3.63) is 90.4 Å². The van der Waals surface area contributed by atoms with Crippen molar-refractivity contribution >= 4 is 16.8 Å². The number of amides is 1. The maximum Gasteiger partial charge on any atom is 0.254 e. The van der Waals surface area contributed by atoms with Crippen LogP contribution in [-0.2, 0) is 6.54 Å². The molecule has 0 radical (unpaired) electrons. The average Bonchev–Trinajstić information content (AvgIpc) is 3.32. The van der Waals surface area contributed by atoms with Gasteiger partial charge in [-0.05, 0) is 91.5 Å². The molecule has 2 aromatic heterocycles. The first-order valence-electron chi connectivity index (χ1n) is 11.2. The quantitative estimate of drug-likeness (QED) is 0.492. The molecule has 162 valence electrons. The number of H-pyrrole nitrogens is 1. The van der Waals surface area contributed by atoms with Crippen molar-refractivity contribution in [3.63, 3.8) is 0 Å². The molecule has 1 amide bonds. The van der Waals surface area contributed by atoms with Crippen LogP contribution in [0.4, 0.5) is 0 Å². The second kappa shape index (κ2) is 8.97. The van der Waals surface area contributed by atoms with Crippen LogP contribution in [0.15, 0.2) is 79.3 Å². The van der Waals surface area contributed by atoms with Crippen molar-refractivity contribution in [2.24, 2.45) is 0 Å². The van der Waals surface area contributed by atoms with Crippen molar-refractivity contribution in [3.8, 4) is 11.1 Å². The largest absolute Gasteiger partial charge is 0.361 e. The van der Waals surface area contributed by atoms with Crippen LogP contribution in [0.3, 0.4) is 0 Å². The minimum absolute atomic E-state index is 0.0844. The first-order chi connectivity index (χ1) is 15.7. The van der Waals surface area contributed by atoms with Gasteiger partial charge in [-0.2, -0.15) is 0 Å². The summed E-state index contributed by atoms with van der Waals surface area (Å²) in [4.78, 5) is 25.2. The first-order valence-corrected chi connectivity index (χ1v) is 11.2. The summed E-state index contributed by atoms with van der Waals surface area (Å²) in [5, 5.41) is 1.20. The number of fused-ring (bicyclic) bond motifs is 1. The van der Waals surface area contributed by atoms with Gasteiger partial charge in [0.15, 0.2) is 0 Å². The number of nitrogens with one attached hydrogen (secondary N) is 1. The molecule has 0 aliphatic carbocycles. The Hall–Kier alpha value is -3.44. The molecular formula is C27H28N4O. The number of aromatic nitrogens is 2. The van der Waals surface area contributed by atoms with Gasteiger partial charge in [-0.15, -0.1) is 0 Å². The number of pyridine rings is 1. The molecule has 0 spiro atoms. The van der Waals surface area contributed by atoms with Gasteiger partial charge in [0, 0.05) is 42.3 Å². The van der Waals surface area contributed by atoms with E-state index >= 15 is 0 Å². The van der Waals surface area contributed by atoms with E-state index in [2.05, 4.69) is 75.3 Å². The topological polar surface area (TPSA) is 52.2 Å². The number of benzene rings is 2. The van der Waals surface area contributed by atoms with Crippen LogP contribution in [0.2, 0.25) is 0 Å². The van der Waals surface area contributed by atoms with Crippen molar-refractivity contribution in [1.29, 1.82) is 0 Å². The number of piperidine rings is 1. The highest BCUT2D eigenvalue weighted by Gasteiger charge is 2.28. The zero-order chi connectivity index (χ0) is 21.9. The van der Waals surface area contributed by atoms with Crippen molar-refractivity contribution < 1.29 is 4.79 Å². The predicted molar refractivity (Wildman–Crippen MR) is 128 cm³/mol. The molecule has 3 heterocycles. The molecule has 2 aromatic carbocycles. The van der Waals surface area contributed by atoms with E-state index < -0.39 is 0 Å². The Bertz CT molecular complexity index is 1210. The summed E-state index contributed by atoms with van der Waals surface area (Å²) >= 11 is 0. The monoisotopic (exact) mass is 424 g/mol. The van der Waals surface area contributed by atoms with Gasteiger partial charge in [0.25, 0.3) is 5.91 Å². The van der Waals surface area contributed by atoms with E-state index in [1.165, 1.54) is 16.5 Å². The van der Waals surface area contributed by atoms with Crippen molar-refractivity contribution in [2.45, 2.75) is 25.4 Å². The molecule has 1 aliphatic heterocycles. The molecule has 5 heteroatoms. The van der Waals surface area contributed by atoms with Crippen LogP contribution in [0.25, 0.3) is 22.0 Å². The van der Waals surface area contributed by atoms with Gasteiger partial charge in [0.1, 0.15) is 0 Å². The Labute approximate surface area is 188 Å². The fourth-order valence-corrected chi connectivity index (χ4v) is 4.61. The third kappa shape index (κ3) is 4.30. The third-order valence-corrected chi connectivity index (χ3v) is 6.48. The molecule has 1 N–H and O–H groups in total. The number of nitrogens with zero attached hydrogens (tertiary/aromatic N) is 3. The minimum atomic E-state index is 0.0844. The number of aromatic amines is 1. The molecule has 0 saturated carbocycles. The Morgan fingerprint density at radius 2 is 1.81 bits per heavy atom. The molecule has 1 aliphatic rings. The van der Waals surface area contributed by atoms with Gasteiger partial charge in [-0.1, -0.05) is 24.3 Å². The smallest absolute Gasteiger partial charge is 0.254 e. The molecule has 5 rings (SSSR count). The summed E-state index contributed by atoms with van der Waals surface area (Å²) in [6, 6.07) is 21.0. The average molecular weight is 425 g/mol. The summed E-state index contributed by atoms with van der Waals surface area (Å²) < 4.78 is 0. The highest BCUT2D eigenvalue weighted by atomic mass is 16.2. The van der Waals surface area contributed by atoms with Crippen LogP contribution >= 0.6 is 0 Å². The minimum Gasteiger partial charge on any atom is -0.361 e. The second-order valence-corrected chi connectivity index (χ2v) is 8.68. The third-order valence-electron chi connectivity index (χ3n) is 6.48. The van der Waals surface area contributed by atoms with E-state index in [4.69, 9.17) is 0 Å². The SMILES string of the molecule is CN1CCC(N(Cc2cccc(-c3ccc4[nH]ccc4c3)c2)C(=O)c2ccncc2)CC1. The molecule has 0 atom stereocenters. The van der Waals surface area contributed by atoms with E-state index in [9.17, 15) is 4.79 Å².